The Balaban J connectivity index is 1.64. The summed E-state index contributed by atoms with van der Waals surface area (Å²) in [6, 6.07) is 7.64. The van der Waals surface area contributed by atoms with E-state index in [1.165, 1.54) is 0 Å². The van der Waals surface area contributed by atoms with Gasteiger partial charge in [0.2, 0.25) is 0 Å². The Morgan fingerprint density at radius 3 is 2.93 bits per heavy atom. The lowest BCUT2D eigenvalue weighted by Crippen LogP contribution is -2.37. The molecule has 1 atom stereocenters. The average molecular weight is 391 g/mol. The van der Waals surface area contributed by atoms with Crippen LogP contribution in [0.5, 0.6) is 0 Å². The Bertz CT molecular complexity index is 615. The summed E-state index contributed by atoms with van der Waals surface area (Å²) < 4.78 is 11.2. The van der Waals surface area contributed by atoms with E-state index in [0.717, 1.165) is 50.4 Å². The molecule has 1 saturated heterocycles. The molecule has 0 radical (unpaired) electrons. The van der Waals surface area contributed by atoms with E-state index in [0.29, 0.717) is 31.9 Å². The Hall–Kier alpha value is -2.12. The maximum atomic E-state index is 12.1. The summed E-state index contributed by atoms with van der Waals surface area (Å²) in [6.45, 7) is 6.37. The number of carbonyl (C=O) groups is 1. The van der Waals surface area contributed by atoms with Crippen LogP contribution in [-0.2, 0) is 16.0 Å². The van der Waals surface area contributed by atoms with Gasteiger partial charge in [-0.1, -0.05) is 19.1 Å². The minimum Gasteiger partial charge on any atom is -0.379 e. The van der Waals surface area contributed by atoms with Crippen molar-refractivity contribution < 1.29 is 14.3 Å². The van der Waals surface area contributed by atoms with E-state index in [1.54, 1.807) is 7.05 Å². The van der Waals surface area contributed by atoms with Gasteiger partial charge >= 0.3 is 0 Å². The molecule has 1 aromatic rings. The Morgan fingerprint density at radius 2 is 2.18 bits per heavy atom. The van der Waals surface area contributed by atoms with Gasteiger partial charge in [-0.25, -0.2) is 0 Å². The van der Waals surface area contributed by atoms with Crippen molar-refractivity contribution in [2.24, 2.45) is 4.99 Å². The summed E-state index contributed by atoms with van der Waals surface area (Å²) in [7, 11) is 1.75. The summed E-state index contributed by atoms with van der Waals surface area (Å²) in [5.41, 5.74) is 1.71. The maximum absolute atomic E-state index is 12.1. The van der Waals surface area contributed by atoms with Crippen molar-refractivity contribution in [3.05, 3.63) is 35.4 Å². The zero-order valence-electron chi connectivity index (χ0n) is 17.1. The fourth-order valence-electron chi connectivity index (χ4n) is 2.94. The van der Waals surface area contributed by atoms with Gasteiger partial charge in [0, 0.05) is 45.5 Å². The molecular formula is C21H34N4O3. The fraction of sp³-hybridized carbons (Fsp3) is 0.619. The molecule has 1 amide bonds. The monoisotopic (exact) mass is 390 g/mol. The summed E-state index contributed by atoms with van der Waals surface area (Å²) in [5.74, 6) is 0.703. The van der Waals surface area contributed by atoms with Crippen LogP contribution in [0.15, 0.2) is 29.3 Å². The van der Waals surface area contributed by atoms with Gasteiger partial charge in [0.05, 0.1) is 12.7 Å². The molecule has 0 aromatic heterocycles. The summed E-state index contributed by atoms with van der Waals surface area (Å²) in [5, 5.41) is 9.46. The zero-order valence-corrected chi connectivity index (χ0v) is 17.1. The lowest BCUT2D eigenvalue weighted by molar-refractivity contribution is 0.0168. The molecule has 7 heteroatoms. The Labute approximate surface area is 168 Å². The SMILES string of the molecule is CCCNC(=O)c1cccc(CNC(=NC)NCCCOCC2CCCO2)c1. The molecule has 1 aliphatic rings. The van der Waals surface area contributed by atoms with Gasteiger partial charge < -0.3 is 25.4 Å². The average Bonchev–Trinajstić information content (AvgIpc) is 3.24. The summed E-state index contributed by atoms with van der Waals surface area (Å²) >= 11 is 0. The molecule has 1 fully saturated rings. The van der Waals surface area contributed by atoms with Gasteiger partial charge in [-0.2, -0.15) is 0 Å². The number of benzene rings is 1. The number of ether oxygens (including phenoxy) is 2. The standard InChI is InChI=1S/C21H34N4O3/c1-3-10-23-20(26)18-8-4-7-17(14-18)15-25-21(22-2)24-11-6-12-27-16-19-9-5-13-28-19/h4,7-8,14,19H,3,5-6,9-13,15-16H2,1-2H3,(H,23,26)(H2,22,24,25). The second kappa shape index (κ2) is 13.1. The zero-order chi connectivity index (χ0) is 20.0. The number of aliphatic imine (C=N–C) groups is 1. The molecule has 1 unspecified atom stereocenters. The summed E-state index contributed by atoms with van der Waals surface area (Å²) in [4.78, 5) is 16.3. The Morgan fingerprint density at radius 1 is 1.29 bits per heavy atom. The molecule has 28 heavy (non-hydrogen) atoms. The number of hydrogen-bond donors (Lipinski definition) is 3. The predicted molar refractivity (Wildman–Crippen MR) is 112 cm³/mol. The van der Waals surface area contributed by atoms with E-state index >= 15 is 0 Å². The third kappa shape index (κ3) is 8.27. The molecule has 1 aliphatic heterocycles. The number of guanidine groups is 1. The van der Waals surface area contributed by atoms with E-state index in [9.17, 15) is 4.79 Å². The second-order valence-electron chi connectivity index (χ2n) is 6.87. The van der Waals surface area contributed by atoms with E-state index < -0.39 is 0 Å². The van der Waals surface area contributed by atoms with Gasteiger partial charge in [0.1, 0.15) is 0 Å². The number of nitrogens with zero attached hydrogens (tertiary/aromatic N) is 1. The molecular weight excluding hydrogens is 356 g/mol. The molecule has 7 nitrogen and oxygen atoms in total. The molecule has 0 aliphatic carbocycles. The fourth-order valence-corrected chi connectivity index (χ4v) is 2.94. The van der Waals surface area contributed by atoms with Crippen LogP contribution in [0.2, 0.25) is 0 Å². The quantitative estimate of drug-likeness (QED) is 0.306. The van der Waals surface area contributed by atoms with Crippen molar-refractivity contribution >= 4 is 11.9 Å². The van der Waals surface area contributed by atoms with Crippen molar-refractivity contribution in [3.63, 3.8) is 0 Å². The van der Waals surface area contributed by atoms with Crippen LogP contribution in [0.3, 0.4) is 0 Å². The molecule has 2 rings (SSSR count). The highest BCUT2D eigenvalue weighted by molar-refractivity contribution is 5.94. The van der Waals surface area contributed by atoms with Gasteiger partial charge in [-0.15, -0.1) is 0 Å². The van der Waals surface area contributed by atoms with Crippen LogP contribution in [0.4, 0.5) is 0 Å². The minimum absolute atomic E-state index is 0.0331. The highest BCUT2D eigenvalue weighted by Gasteiger charge is 2.14. The lowest BCUT2D eigenvalue weighted by Gasteiger charge is -2.13. The van der Waals surface area contributed by atoms with Crippen LogP contribution in [-0.4, -0.2) is 57.9 Å². The van der Waals surface area contributed by atoms with Gasteiger partial charge in [-0.3, -0.25) is 9.79 Å². The van der Waals surface area contributed by atoms with E-state index in [2.05, 4.69) is 20.9 Å². The van der Waals surface area contributed by atoms with E-state index in [1.807, 2.05) is 31.2 Å². The van der Waals surface area contributed by atoms with Crippen LogP contribution >= 0.6 is 0 Å². The first-order valence-electron chi connectivity index (χ1n) is 10.2. The largest absolute Gasteiger partial charge is 0.379 e. The third-order valence-electron chi connectivity index (χ3n) is 4.49. The van der Waals surface area contributed by atoms with Crippen molar-refractivity contribution in [2.45, 2.75) is 45.3 Å². The topological polar surface area (TPSA) is 84.0 Å². The van der Waals surface area contributed by atoms with E-state index in [4.69, 9.17) is 9.47 Å². The van der Waals surface area contributed by atoms with Crippen LogP contribution < -0.4 is 16.0 Å². The molecule has 1 heterocycles. The lowest BCUT2D eigenvalue weighted by atomic mass is 10.1. The smallest absolute Gasteiger partial charge is 0.251 e. The highest BCUT2D eigenvalue weighted by Crippen LogP contribution is 2.11. The molecule has 156 valence electrons. The molecule has 0 spiro atoms. The van der Waals surface area contributed by atoms with Gasteiger partial charge in [0.15, 0.2) is 5.96 Å². The van der Waals surface area contributed by atoms with E-state index in [-0.39, 0.29) is 12.0 Å². The third-order valence-corrected chi connectivity index (χ3v) is 4.49. The predicted octanol–water partition coefficient (Wildman–Crippen LogP) is 2.08. The molecule has 1 aromatic carbocycles. The normalized spacial score (nSPS) is 16.8. The van der Waals surface area contributed by atoms with Crippen LogP contribution in [0.25, 0.3) is 0 Å². The first-order chi connectivity index (χ1) is 13.7. The number of rotatable bonds is 11. The van der Waals surface area contributed by atoms with Crippen molar-refractivity contribution in [3.8, 4) is 0 Å². The summed E-state index contributed by atoms with van der Waals surface area (Å²) in [6.07, 6.45) is 4.36. The van der Waals surface area contributed by atoms with Crippen molar-refractivity contribution in [1.82, 2.24) is 16.0 Å². The van der Waals surface area contributed by atoms with Crippen molar-refractivity contribution in [1.29, 1.82) is 0 Å². The van der Waals surface area contributed by atoms with Crippen LogP contribution in [0, 0.1) is 0 Å². The second-order valence-corrected chi connectivity index (χ2v) is 6.87. The van der Waals surface area contributed by atoms with Crippen LogP contribution in [0.1, 0.15) is 48.5 Å². The van der Waals surface area contributed by atoms with Crippen molar-refractivity contribution in [2.75, 3.05) is 40.0 Å². The maximum Gasteiger partial charge on any atom is 0.251 e. The highest BCUT2D eigenvalue weighted by atomic mass is 16.5. The number of hydrogen-bond acceptors (Lipinski definition) is 4. The Kier molecular flexibility index (Phi) is 10.4. The number of nitrogens with one attached hydrogen (secondary N) is 3. The first-order valence-corrected chi connectivity index (χ1v) is 10.2. The van der Waals surface area contributed by atoms with Gasteiger partial charge in [-0.05, 0) is 43.4 Å². The number of amides is 1. The minimum atomic E-state index is -0.0331. The van der Waals surface area contributed by atoms with Gasteiger partial charge in [0.25, 0.3) is 5.91 Å². The molecule has 0 bridgehead atoms. The molecule has 3 N–H and O–H groups in total. The number of carbonyl (C=O) groups excluding carboxylic acids is 1. The molecule has 0 saturated carbocycles. The first kappa shape index (κ1) is 22.2.